The SMILES string of the molecule is CCCCCCCCCCCCCC=CC=CCl. The van der Waals surface area contributed by atoms with Gasteiger partial charge in [-0.05, 0) is 12.8 Å². The number of rotatable bonds is 13. The summed E-state index contributed by atoms with van der Waals surface area (Å²) in [5.41, 5.74) is 1.55. The van der Waals surface area contributed by atoms with Crippen LogP contribution in [0.2, 0.25) is 0 Å². The van der Waals surface area contributed by atoms with Gasteiger partial charge in [0.25, 0.3) is 0 Å². The van der Waals surface area contributed by atoms with Crippen molar-refractivity contribution in [3.05, 3.63) is 23.8 Å². The second-order valence-electron chi connectivity index (χ2n) is 5.07. The van der Waals surface area contributed by atoms with Crippen molar-refractivity contribution in [3.63, 3.8) is 0 Å². The van der Waals surface area contributed by atoms with Crippen LogP contribution >= 0.6 is 11.6 Å². The Kier molecular flexibility index (Phi) is 16.6. The number of unbranched alkanes of at least 4 members (excludes halogenated alkanes) is 11. The summed E-state index contributed by atoms with van der Waals surface area (Å²) < 4.78 is 0. The fourth-order valence-electron chi connectivity index (χ4n) is 2.14. The van der Waals surface area contributed by atoms with Gasteiger partial charge in [0.05, 0.1) is 0 Å². The Labute approximate surface area is 120 Å². The van der Waals surface area contributed by atoms with E-state index in [0.717, 1.165) is 0 Å². The first-order valence-corrected chi connectivity index (χ1v) is 8.27. The molecule has 0 aliphatic heterocycles. The highest BCUT2D eigenvalue weighted by molar-refractivity contribution is 6.25. The Bertz CT molecular complexity index is 194. The van der Waals surface area contributed by atoms with Crippen LogP contribution in [0, 0.1) is 0 Å². The third-order valence-corrected chi connectivity index (χ3v) is 3.44. The first-order valence-electron chi connectivity index (χ1n) is 7.83. The van der Waals surface area contributed by atoms with Crippen LogP contribution in [0.25, 0.3) is 0 Å². The van der Waals surface area contributed by atoms with Crippen LogP contribution in [0.1, 0.15) is 84.0 Å². The molecule has 0 rings (SSSR count). The average Bonchev–Trinajstić information content (AvgIpc) is 2.39. The second kappa shape index (κ2) is 16.8. The van der Waals surface area contributed by atoms with Crippen molar-refractivity contribution < 1.29 is 0 Å². The largest absolute Gasteiger partial charge is 0.0930 e. The third-order valence-electron chi connectivity index (χ3n) is 3.29. The predicted octanol–water partition coefficient (Wildman–Crippen LogP) is 7.00. The van der Waals surface area contributed by atoms with E-state index in [2.05, 4.69) is 13.0 Å². The molecule has 0 saturated heterocycles. The lowest BCUT2D eigenvalue weighted by atomic mass is 10.1. The molecule has 0 aromatic rings. The molecule has 0 aromatic carbocycles. The van der Waals surface area contributed by atoms with Crippen LogP contribution in [0.5, 0.6) is 0 Å². The van der Waals surface area contributed by atoms with E-state index in [9.17, 15) is 0 Å². The van der Waals surface area contributed by atoms with Crippen molar-refractivity contribution in [1.29, 1.82) is 0 Å². The fourth-order valence-corrected chi connectivity index (χ4v) is 2.23. The lowest BCUT2D eigenvalue weighted by molar-refractivity contribution is 0.550. The maximum Gasteiger partial charge on any atom is 0.00423 e. The summed E-state index contributed by atoms with van der Waals surface area (Å²) in [5, 5.41) is 0. The van der Waals surface area contributed by atoms with Gasteiger partial charge in [0.1, 0.15) is 0 Å². The Morgan fingerprint density at radius 3 is 1.67 bits per heavy atom. The molecule has 0 nitrogen and oxygen atoms in total. The molecule has 0 radical (unpaired) electrons. The van der Waals surface area contributed by atoms with E-state index in [0.29, 0.717) is 0 Å². The van der Waals surface area contributed by atoms with Gasteiger partial charge in [0.2, 0.25) is 0 Å². The van der Waals surface area contributed by atoms with Crippen molar-refractivity contribution in [2.45, 2.75) is 84.0 Å². The minimum absolute atomic E-state index is 1.19. The maximum atomic E-state index is 5.42. The van der Waals surface area contributed by atoms with Gasteiger partial charge in [-0.25, -0.2) is 0 Å². The summed E-state index contributed by atoms with van der Waals surface area (Å²) in [4.78, 5) is 0. The zero-order valence-corrected chi connectivity index (χ0v) is 12.9. The smallest absolute Gasteiger partial charge is 0.00423 e. The van der Waals surface area contributed by atoms with Gasteiger partial charge in [0.15, 0.2) is 0 Å². The highest BCUT2D eigenvalue weighted by Gasteiger charge is 1.92. The number of hydrogen-bond donors (Lipinski definition) is 0. The van der Waals surface area contributed by atoms with Gasteiger partial charge in [-0.2, -0.15) is 0 Å². The molecule has 18 heavy (non-hydrogen) atoms. The van der Waals surface area contributed by atoms with E-state index in [-0.39, 0.29) is 0 Å². The van der Waals surface area contributed by atoms with Gasteiger partial charge in [-0.1, -0.05) is 101 Å². The molecule has 0 heterocycles. The van der Waals surface area contributed by atoms with E-state index in [1.165, 1.54) is 77.0 Å². The normalized spacial score (nSPS) is 11.9. The molecule has 0 aliphatic carbocycles. The van der Waals surface area contributed by atoms with Gasteiger partial charge >= 0.3 is 0 Å². The quantitative estimate of drug-likeness (QED) is 0.250. The number of halogens is 1. The Morgan fingerprint density at radius 1 is 0.667 bits per heavy atom. The standard InChI is InChI=1S/C17H31Cl/c1-2-3-4-5-6-7-8-9-10-11-12-13-14-15-16-17-18/h14-17H,2-13H2,1H3. The molecule has 0 unspecified atom stereocenters. The van der Waals surface area contributed by atoms with Crippen molar-refractivity contribution >= 4 is 11.6 Å². The lowest BCUT2D eigenvalue weighted by Gasteiger charge is -2.01. The predicted molar refractivity (Wildman–Crippen MR) is 85.2 cm³/mol. The number of hydrogen-bond acceptors (Lipinski definition) is 0. The summed E-state index contributed by atoms with van der Waals surface area (Å²) in [6.07, 6.45) is 22.9. The second-order valence-corrected chi connectivity index (χ2v) is 5.32. The molecule has 0 aromatic heterocycles. The molecule has 0 bridgehead atoms. The summed E-state index contributed by atoms with van der Waals surface area (Å²) in [5.74, 6) is 0. The molecule has 106 valence electrons. The first kappa shape index (κ1) is 17.8. The van der Waals surface area contributed by atoms with Crippen LogP contribution in [0.4, 0.5) is 0 Å². The first-order chi connectivity index (χ1) is 8.91. The lowest BCUT2D eigenvalue weighted by Crippen LogP contribution is -1.81. The zero-order chi connectivity index (χ0) is 13.3. The monoisotopic (exact) mass is 270 g/mol. The molecular formula is C17H31Cl. The van der Waals surface area contributed by atoms with E-state index >= 15 is 0 Å². The zero-order valence-electron chi connectivity index (χ0n) is 12.2. The molecule has 0 aliphatic rings. The van der Waals surface area contributed by atoms with Crippen molar-refractivity contribution in [2.24, 2.45) is 0 Å². The van der Waals surface area contributed by atoms with Gasteiger partial charge in [0, 0.05) is 5.54 Å². The fraction of sp³-hybridized carbons (Fsp3) is 0.765. The van der Waals surface area contributed by atoms with E-state index in [1.807, 2.05) is 12.2 Å². The Hall–Kier alpha value is -0.230. The van der Waals surface area contributed by atoms with E-state index < -0.39 is 0 Å². The van der Waals surface area contributed by atoms with Crippen LogP contribution in [-0.4, -0.2) is 0 Å². The van der Waals surface area contributed by atoms with Crippen molar-refractivity contribution in [2.75, 3.05) is 0 Å². The molecular weight excluding hydrogens is 240 g/mol. The highest BCUT2D eigenvalue weighted by Crippen LogP contribution is 2.11. The van der Waals surface area contributed by atoms with Crippen LogP contribution in [0.15, 0.2) is 23.8 Å². The summed E-state index contributed by atoms with van der Waals surface area (Å²) >= 11 is 5.42. The summed E-state index contributed by atoms with van der Waals surface area (Å²) in [6, 6.07) is 0. The minimum Gasteiger partial charge on any atom is -0.0930 e. The van der Waals surface area contributed by atoms with E-state index in [1.54, 1.807) is 5.54 Å². The molecule has 0 saturated carbocycles. The molecule has 0 amide bonds. The summed E-state index contributed by atoms with van der Waals surface area (Å²) in [6.45, 7) is 2.28. The molecule has 0 N–H and O–H groups in total. The molecule has 0 spiro atoms. The van der Waals surface area contributed by atoms with Gasteiger partial charge < -0.3 is 0 Å². The average molecular weight is 271 g/mol. The number of allylic oxidation sites excluding steroid dienone is 3. The van der Waals surface area contributed by atoms with Crippen LogP contribution < -0.4 is 0 Å². The third kappa shape index (κ3) is 15.8. The minimum atomic E-state index is 1.19. The molecule has 0 atom stereocenters. The van der Waals surface area contributed by atoms with Gasteiger partial charge in [-0.3, -0.25) is 0 Å². The molecule has 1 heteroatoms. The van der Waals surface area contributed by atoms with Crippen molar-refractivity contribution in [3.8, 4) is 0 Å². The maximum absolute atomic E-state index is 5.42. The van der Waals surface area contributed by atoms with Crippen LogP contribution in [0.3, 0.4) is 0 Å². The molecule has 0 fully saturated rings. The van der Waals surface area contributed by atoms with Crippen molar-refractivity contribution in [1.82, 2.24) is 0 Å². The topological polar surface area (TPSA) is 0 Å². The van der Waals surface area contributed by atoms with Gasteiger partial charge in [-0.15, -0.1) is 0 Å². The highest BCUT2D eigenvalue weighted by atomic mass is 35.5. The van der Waals surface area contributed by atoms with Crippen LogP contribution in [-0.2, 0) is 0 Å². The Morgan fingerprint density at radius 2 is 1.17 bits per heavy atom. The van der Waals surface area contributed by atoms with E-state index in [4.69, 9.17) is 11.6 Å². The summed E-state index contributed by atoms with van der Waals surface area (Å²) in [7, 11) is 0. The Balaban J connectivity index is 2.98.